The third kappa shape index (κ3) is 2.86. The van der Waals surface area contributed by atoms with Crippen LogP contribution in [0, 0.1) is 5.92 Å². The van der Waals surface area contributed by atoms with Crippen LogP contribution in [0.2, 0.25) is 0 Å². The van der Waals surface area contributed by atoms with Gasteiger partial charge in [0.05, 0.1) is 12.6 Å². The van der Waals surface area contributed by atoms with Gasteiger partial charge in [-0.3, -0.25) is 4.57 Å². The Morgan fingerprint density at radius 1 is 1.47 bits per heavy atom. The van der Waals surface area contributed by atoms with Crippen molar-refractivity contribution < 1.29 is 9.53 Å². The first-order valence-corrected chi connectivity index (χ1v) is 6.41. The molecular weight excluding hydrogens is 242 g/mol. The molecule has 5 nitrogen and oxygen atoms in total. The van der Waals surface area contributed by atoms with Crippen molar-refractivity contribution in [3.63, 3.8) is 0 Å². The molecule has 1 aromatic heterocycles. The van der Waals surface area contributed by atoms with E-state index >= 15 is 0 Å². The summed E-state index contributed by atoms with van der Waals surface area (Å²) in [4.78, 5) is 16.3. The number of aromatic nitrogens is 2. The number of benzene rings is 1. The van der Waals surface area contributed by atoms with Gasteiger partial charge in [-0.25, -0.2) is 9.78 Å². The molecule has 0 fully saturated rings. The molecule has 0 aliphatic carbocycles. The maximum Gasteiger partial charge on any atom is 0.327 e. The third-order valence-electron chi connectivity index (χ3n) is 2.98. The van der Waals surface area contributed by atoms with E-state index in [4.69, 9.17) is 4.74 Å². The largest absolute Gasteiger partial charge is 0.494 e. The maximum absolute atomic E-state index is 12.1. The number of imidazole rings is 1. The number of amides is 1. The number of ether oxygens (including phenoxy) is 1. The van der Waals surface area contributed by atoms with Crippen LogP contribution in [0.3, 0.4) is 0 Å². The molecule has 5 heteroatoms. The SMILES string of the molecule is COc1cccc2c1ncn2C(=O)NCCC(C)C. The Morgan fingerprint density at radius 3 is 2.95 bits per heavy atom. The van der Waals surface area contributed by atoms with Crippen molar-refractivity contribution >= 4 is 17.1 Å². The second kappa shape index (κ2) is 5.73. The van der Waals surface area contributed by atoms with E-state index < -0.39 is 0 Å². The molecule has 2 aromatic rings. The molecule has 0 radical (unpaired) electrons. The fraction of sp³-hybridized carbons (Fsp3) is 0.429. The quantitative estimate of drug-likeness (QED) is 0.920. The van der Waals surface area contributed by atoms with E-state index in [9.17, 15) is 4.79 Å². The fourth-order valence-corrected chi connectivity index (χ4v) is 1.89. The molecule has 0 atom stereocenters. The number of fused-ring (bicyclic) bond motifs is 1. The minimum atomic E-state index is -0.156. The lowest BCUT2D eigenvalue weighted by Gasteiger charge is -2.08. The summed E-state index contributed by atoms with van der Waals surface area (Å²) >= 11 is 0. The van der Waals surface area contributed by atoms with E-state index in [1.54, 1.807) is 7.11 Å². The molecule has 19 heavy (non-hydrogen) atoms. The van der Waals surface area contributed by atoms with Crippen molar-refractivity contribution in [2.75, 3.05) is 13.7 Å². The Kier molecular flexibility index (Phi) is 4.04. The molecule has 0 aliphatic heterocycles. The van der Waals surface area contributed by atoms with Gasteiger partial charge in [0.2, 0.25) is 0 Å². The average Bonchev–Trinajstić information content (AvgIpc) is 2.81. The van der Waals surface area contributed by atoms with Crippen LogP contribution in [0.15, 0.2) is 24.5 Å². The van der Waals surface area contributed by atoms with Gasteiger partial charge in [-0.1, -0.05) is 19.9 Å². The highest BCUT2D eigenvalue weighted by Gasteiger charge is 2.12. The second-order valence-corrected chi connectivity index (χ2v) is 4.86. The summed E-state index contributed by atoms with van der Waals surface area (Å²) in [6, 6.07) is 5.38. The van der Waals surface area contributed by atoms with E-state index in [1.165, 1.54) is 10.9 Å². The standard InChI is InChI=1S/C14H19N3O2/c1-10(2)7-8-15-14(18)17-9-16-13-11(17)5-4-6-12(13)19-3/h4-6,9-10H,7-8H2,1-3H3,(H,15,18). The van der Waals surface area contributed by atoms with Gasteiger partial charge in [0.25, 0.3) is 0 Å². The van der Waals surface area contributed by atoms with Gasteiger partial charge in [-0.05, 0) is 24.5 Å². The number of carbonyl (C=O) groups is 1. The first-order chi connectivity index (χ1) is 9.13. The Balaban J connectivity index is 2.19. The molecule has 0 aliphatic rings. The minimum Gasteiger partial charge on any atom is -0.494 e. The fourth-order valence-electron chi connectivity index (χ4n) is 1.89. The lowest BCUT2D eigenvalue weighted by molar-refractivity contribution is 0.242. The van der Waals surface area contributed by atoms with E-state index in [-0.39, 0.29) is 6.03 Å². The molecule has 1 aromatic carbocycles. The number of nitrogens with one attached hydrogen (secondary N) is 1. The van der Waals surface area contributed by atoms with Crippen molar-refractivity contribution in [1.29, 1.82) is 0 Å². The van der Waals surface area contributed by atoms with Crippen LogP contribution in [0.4, 0.5) is 4.79 Å². The molecule has 102 valence electrons. The molecule has 0 spiro atoms. The predicted octanol–water partition coefficient (Wildman–Crippen LogP) is 2.65. The van der Waals surface area contributed by atoms with Crippen LogP contribution >= 0.6 is 0 Å². The molecule has 0 saturated carbocycles. The summed E-state index contributed by atoms with van der Waals surface area (Å²) in [5.74, 6) is 1.24. The Hall–Kier alpha value is -2.04. The Labute approximate surface area is 112 Å². The summed E-state index contributed by atoms with van der Waals surface area (Å²) in [6.07, 6.45) is 2.49. The van der Waals surface area contributed by atoms with E-state index in [0.29, 0.717) is 23.7 Å². The zero-order chi connectivity index (χ0) is 13.8. The van der Waals surface area contributed by atoms with Gasteiger partial charge in [0.1, 0.15) is 17.6 Å². The van der Waals surface area contributed by atoms with Crippen molar-refractivity contribution in [3.05, 3.63) is 24.5 Å². The van der Waals surface area contributed by atoms with Crippen LogP contribution < -0.4 is 10.1 Å². The highest BCUT2D eigenvalue weighted by Crippen LogP contribution is 2.23. The molecule has 0 bridgehead atoms. The zero-order valence-electron chi connectivity index (χ0n) is 11.5. The molecule has 1 amide bonds. The number of methoxy groups -OCH3 is 1. The topological polar surface area (TPSA) is 56.2 Å². The molecule has 2 rings (SSSR count). The van der Waals surface area contributed by atoms with E-state index in [0.717, 1.165) is 11.9 Å². The number of carbonyl (C=O) groups excluding carboxylic acids is 1. The highest BCUT2D eigenvalue weighted by molar-refractivity contribution is 5.91. The van der Waals surface area contributed by atoms with Crippen LogP contribution in [0.1, 0.15) is 20.3 Å². The minimum absolute atomic E-state index is 0.156. The molecule has 1 N–H and O–H groups in total. The third-order valence-corrected chi connectivity index (χ3v) is 2.98. The van der Waals surface area contributed by atoms with Gasteiger partial charge in [0.15, 0.2) is 0 Å². The molecule has 0 unspecified atom stereocenters. The molecule has 1 heterocycles. The van der Waals surface area contributed by atoms with Gasteiger partial charge in [0, 0.05) is 6.54 Å². The van der Waals surface area contributed by atoms with Crippen molar-refractivity contribution in [2.24, 2.45) is 5.92 Å². The van der Waals surface area contributed by atoms with E-state index in [2.05, 4.69) is 24.1 Å². The number of para-hydroxylation sites is 1. The first-order valence-electron chi connectivity index (χ1n) is 6.41. The Morgan fingerprint density at radius 2 is 2.26 bits per heavy atom. The lowest BCUT2D eigenvalue weighted by Crippen LogP contribution is -2.29. The first kappa shape index (κ1) is 13.4. The molecule has 0 saturated heterocycles. The highest BCUT2D eigenvalue weighted by atomic mass is 16.5. The smallest absolute Gasteiger partial charge is 0.327 e. The second-order valence-electron chi connectivity index (χ2n) is 4.86. The number of hydrogen-bond acceptors (Lipinski definition) is 3. The Bertz CT molecular complexity index is 575. The molecular formula is C14H19N3O2. The van der Waals surface area contributed by atoms with Crippen molar-refractivity contribution in [2.45, 2.75) is 20.3 Å². The summed E-state index contributed by atoms with van der Waals surface area (Å²) < 4.78 is 6.74. The summed E-state index contributed by atoms with van der Waals surface area (Å²) in [5.41, 5.74) is 1.45. The number of rotatable bonds is 4. The number of hydrogen-bond donors (Lipinski definition) is 1. The van der Waals surface area contributed by atoms with Gasteiger partial charge >= 0.3 is 6.03 Å². The number of nitrogens with zero attached hydrogens (tertiary/aromatic N) is 2. The average molecular weight is 261 g/mol. The van der Waals surface area contributed by atoms with Crippen LogP contribution in [-0.4, -0.2) is 29.2 Å². The van der Waals surface area contributed by atoms with Crippen molar-refractivity contribution in [3.8, 4) is 5.75 Å². The summed E-state index contributed by atoms with van der Waals surface area (Å²) in [6.45, 7) is 4.92. The zero-order valence-corrected chi connectivity index (χ0v) is 11.5. The normalized spacial score (nSPS) is 10.9. The summed E-state index contributed by atoms with van der Waals surface area (Å²) in [7, 11) is 1.59. The maximum atomic E-state index is 12.1. The van der Waals surface area contributed by atoms with Gasteiger partial charge in [-0.2, -0.15) is 0 Å². The lowest BCUT2D eigenvalue weighted by atomic mass is 10.1. The van der Waals surface area contributed by atoms with Gasteiger partial charge < -0.3 is 10.1 Å². The summed E-state index contributed by atoms with van der Waals surface area (Å²) in [5, 5.41) is 2.89. The monoisotopic (exact) mass is 261 g/mol. The van der Waals surface area contributed by atoms with Crippen LogP contribution in [-0.2, 0) is 0 Å². The predicted molar refractivity (Wildman–Crippen MR) is 74.5 cm³/mol. The van der Waals surface area contributed by atoms with Crippen LogP contribution in [0.25, 0.3) is 11.0 Å². The van der Waals surface area contributed by atoms with E-state index in [1.807, 2.05) is 18.2 Å². The van der Waals surface area contributed by atoms with Crippen molar-refractivity contribution in [1.82, 2.24) is 14.9 Å². The van der Waals surface area contributed by atoms with Crippen LogP contribution in [0.5, 0.6) is 5.75 Å². The van der Waals surface area contributed by atoms with Gasteiger partial charge in [-0.15, -0.1) is 0 Å².